The summed E-state index contributed by atoms with van der Waals surface area (Å²) in [7, 11) is 0. The quantitative estimate of drug-likeness (QED) is 0.214. The summed E-state index contributed by atoms with van der Waals surface area (Å²) in [4.78, 5) is 0. The van der Waals surface area contributed by atoms with Gasteiger partial charge in [-0.05, 0) is 52.3 Å². The van der Waals surface area contributed by atoms with Crippen LogP contribution in [0.25, 0.3) is 66.1 Å². The molecule has 2 aliphatic heterocycles. The first-order chi connectivity index (χ1) is 19.8. The van der Waals surface area contributed by atoms with Crippen LogP contribution in [0.5, 0.6) is 0 Å². The number of nitrogens with zero attached hydrogens (tertiary/aromatic N) is 2. The Bertz CT molecular complexity index is 2270. The molecule has 0 atom stereocenters. The maximum atomic E-state index is 15.3. The van der Waals surface area contributed by atoms with Gasteiger partial charge in [0.25, 0.3) is 6.71 Å². The zero-order valence-electron chi connectivity index (χ0n) is 21.4. The van der Waals surface area contributed by atoms with Crippen LogP contribution in [0.15, 0.2) is 121 Å². The third kappa shape index (κ3) is 2.33. The molecule has 8 aromatic rings. The number of para-hydroxylation sites is 4. The van der Waals surface area contributed by atoms with Gasteiger partial charge >= 0.3 is 0 Å². The number of aromatic nitrogens is 2. The van der Waals surface area contributed by atoms with E-state index < -0.39 is 0 Å². The summed E-state index contributed by atoms with van der Waals surface area (Å²) in [5, 5.41) is 5.00. The van der Waals surface area contributed by atoms with E-state index in [-0.39, 0.29) is 12.5 Å². The van der Waals surface area contributed by atoms with Crippen molar-refractivity contribution < 1.29 is 4.39 Å². The van der Waals surface area contributed by atoms with Gasteiger partial charge in [-0.3, -0.25) is 0 Å². The van der Waals surface area contributed by atoms with Crippen molar-refractivity contribution in [2.75, 3.05) is 0 Å². The molecule has 4 heterocycles. The van der Waals surface area contributed by atoms with Crippen molar-refractivity contribution in [2.24, 2.45) is 0 Å². The summed E-state index contributed by atoms with van der Waals surface area (Å²) in [6.07, 6.45) is 0. The molecule has 4 heteroatoms. The van der Waals surface area contributed by atoms with E-state index >= 15 is 4.39 Å². The van der Waals surface area contributed by atoms with Crippen molar-refractivity contribution in [3.8, 4) is 22.5 Å². The molecular formula is C36H20BFN2. The van der Waals surface area contributed by atoms with Gasteiger partial charge in [-0.25, -0.2) is 4.39 Å². The van der Waals surface area contributed by atoms with Gasteiger partial charge in [0.15, 0.2) is 0 Å². The Hall–Kier alpha value is -5.09. The summed E-state index contributed by atoms with van der Waals surface area (Å²) < 4.78 is 20.2. The van der Waals surface area contributed by atoms with E-state index in [1.165, 1.54) is 60.0 Å². The van der Waals surface area contributed by atoms with E-state index in [0.29, 0.717) is 5.56 Å². The molecule has 2 aromatic heterocycles. The van der Waals surface area contributed by atoms with Gasteiger partial charge in [0.1, 0.15) is 5.82 Å². The van der Waals surface area contributed by atoms with Crippen LogP contribution in [0.4, 0.5) is 4.39 Å². The van der Waals surface area contributed by atoms with Crippen LogP contribution in [0, 0.1) is 5.82 Å². The zero-order chi connectivity index (χ0) is 26.1. The second-order valence-electron chi connectivity index (χ2n) is 11.0. The van der Waals surface area contributed by atoms with Gasteiger partial charge < -0.3 is 9.13 Å². The van der Waals surface area contributed by atoms with Crippen molar-refractivity contribution in [1.29, 1.82) is 0 Å². The molecule has 10 rings (SSSR count). The minimum Gasteiger partial charge on any atom is -0.310 e. The molecule has 2 nitrogen and oxygen atoms in total. The monoisotopic (exact) mass is 510 g/mol. The van der Waals surface area contributed by atoms with E-state index in [0.717, 1.165) is 16.9 Å². The number of hydrogen-bond acceptors (Lipinski definition) is 0. The molecule has 0 radical (unpaired) electrons. The molecule has 184 valence electrons. The molecule has 40 heavy (non-hydrogen) atoms. The Balaban J connectivity index is 1.49. The molecule has 6 aromatic carbocycles. The first-order valence-electron chi connectivity index (χ1n) is 13.8. The smallest absolute Gasteiger partial charge is 0.252 e. The molecular weight excluding hydrogens is 490 g/mol. The van der Waals surface area contributed by atoms with Crippen LogP contribution < -0.4 is 16.4 Å². The molecule has 0 saturated carbocycles. The average Bonchev–Trinajstić information content (AvgIpc) is 3.52. The highest BCUT2D eigenvalue weighted by atomic mass is 19.1. The van der Waals surface area contributed by atoms with Gasteiger partial charge in [-0.15, -0.1) is 0 Å². The Morgan fingerprint density at radius 3 is 1.57 bits per heavy atom. The lowest BCUT2D eigenvalue weighted by Gasteiger charge is -2.34. The lowest BCUT2D eigenvalue weighted by Crippen LogP contribution is -2.59. The predicted molar refractivity (Wildman–Crippen MR) is 165 cm³/mol. The fourth-order valence-electron chi connectivity index (χ4n) is 7.67. The number of hydrogen-bond donors (Lipinski definition) is 0. The molecule has 0 fully saturated rings. The first kappa shape index (κ1) is 20.8. The number of fused-ring (bicyclic) bond motifs is 10. The third-order valence-corrected chi connectivity index (χ3v) is 9.17. The minimum atomic E-state index is -0.205. The lowest BCUT2D eigenvalue weighted by molar-refractivity contribution is 0.631. The van der Waals surface area contributed by atoms with Crippen LogP contribution in [0.1, 0.15) is 0 Å². The van der Waals surface area contributed by atoms with E-state index in [9.17, 15) is 0 Å². The van der Waals surface area contributed by atoms with Crippen LogP contribution in [0.2, 0.25) is 0 Å². The SMILES string of the molecule is Fc1ccccc1-c1cc2c3c(c1)-n1c4ccccc4c4cccc(c41)B3c1cccc3c4ccccc4n-2c13. The Morgan fingerprint density at radius 2 is 1.00 bits per heavy atom. The molecule has 2 aliphatic rings. The van der Waals surface area contributed by atoms with Crippen LogP contribution in [0.3, 0.4) is 0 Å². The van der Waals surface area contributed by atoms with Gasteiger partial charge in [0, 0.05) is 49.5 Å². The van der Waals surface area contributed by atoms with Gasteiger partial charge in [0.2, 0.25) is 0 Å². The van der Waals surface area contributed by atoms with Crippen LogP contribution >= 0.6 is 0 Å². The lowest BCUT2D eigenvalue weighted by atomic mass is 9.34. The predicted octanol–water partition coefficient (Wildman–Crippen LogP) is 6.83. The third-order valence-electron chi connectivity index (χ3n) is 9.17. The number of benzene rings is 6. The van der Waals surface area contributed by atoms with Gasteiger partial charge in [-0.1, -0.05) is 91.0 Å². The minimum absolute atomic E-state index is 0.0840. The summed E-state index contributed by atoms with van der Waals surface area (Å²) in [5.74, 6) is -0.205. The largest absolute Gasteiger partial charge is 0.310 e. The fourth-order valence-corrected chi connectivity index (χ4v) is 7.67. The molecule has 0 aliphatic carbocycles. The second kappa shape index (κ2) is 7.10. The topological polar surface area (TPSA) is 9.86 Å². The summed E-state index contributed by atoms with van der Waals surface area (Å²) in [6.45, 7) is 0.0840. The van der Waals surface area contributed by atoms with Crippen LogP contribution in [-0.4, -0.2) is 15.8 Å². The highest BCUT2D eigenvalue weighted by molar-refractivity contribution is 7.00. The normalized spacial score (nSPS) is 13.1. The molecule has 0 N–H and O–H groups in total. The average molecular weight is 510 g/mol. The van der Waals surface area contributed by atoms with Crippen molar-refractivity contribution in [1.82, 2.24) is 9.13 Å². The standard InChI is InChI=1S/C36H20BFN2/c38-29-16-4-1-9-22(29)21-19-32-34-33(20-21)40-31-18-6-3-11-24(31)26-13-8-15-28(36(26)40)37(34)27-14-7-12-25-23-10-2-5-17-30(23)39(32)35(25)27/h1-20H. The fraction of sp³-hybridized carbons (Fsp3) is 0. The first-order valence-corrected chi connectivity index (χ1v) is 13.8. The maximum absolute atomic E-state index is 15.3. The molecule has 0 unspecified atom stereocenters. The van der Waals surface area contributed by atoms with E-state index in [2.05, 4.69) is 106 Å². The van der Waals surface area contributed by atoms with Crippen molar-refractivity contribution >= 4 is 66.7 Å². The van der Waals surface area contributed by atoms with Gasteiger partial charge in [0.05, 0.1) is 11.0 Å². The molecule has 0 spiro atoms. The van der Waals surface area contributed by atoms with Gasteiger partial charge in [-0.2, -0.15) is 0 Å². The zero-order valence-corrected chi connectivity index (χ0v) is 21.4. The Morgan fingerprint density at radius 1 is 0.500 bits per heavy atom. The summed E-state index contributed by atoms with van der Waals surface area (Å²) in [5.41, 5.74) is 12.6. The Labute approximate surface area is 229 Å². The highest BCUT2D eigenvalue weighted by Gasteiger charge is 2.40. The summed E-state index contributed by atoms with van der Waals surface area (Å²) in [6, 6.07) is 42.4. The molecule has 0 bridgehead atoms. The summed E-state index contributed by atoms with van der Waals surface area (Å²) >= 11 is 0. The molecule has 0 saturated heterocycles. The highest BCUT2D eigenvalue weighted by Crippen LogP contribution is 2.40. The van der Waals surface area contributed by atoms with Crippen LogP contribution in [-0.2, 0) is 0 Å². The number of halogens is 1. The van der Waals surface area contributed by atoms with Crippen molar-refractivity contribution in [3.63, 3.8) is 0 Å². The van der Waals surface area contributed by atoms with E-state index in [1.807, 2.05) is 12.1 Å². The second-order valence-corrected chi connectivity index (χ2v) is 11.0. The molecule has 0 amide bonds. The van der Waals surface area contributed by atoms with E-state index in [1.54, 1.807) is 12.1 Å². The number of rotatable bonds is 1. The maximum Gasteiger partial charge on any atom is 0.252 e. The van der Waals surface area contributed by atoms with Crippen molar-refractivity contribution in [3.05, 3.63) is 127 Å². The van der Waals surface area contributed by atoms with E-state index in [4.69, 9.17) is 0 Å². The van der Waals surface area contributed by atoms with Crippen molar-refractivity contribution in [2.45, 2.75) is 0 Å². The Kier molecular flexibility index (Phi) is 3.70.